The van der Waals surface area contributed by atoms with Gasteiger partial charge >= 0.3 is 0 Å². The monoisotopic (exact) mass is 345 g/mol. The van der Waals surface area contributed by atoms with Gasteiger partial charge in [-0.1, -0.05) is 68.5 Å². The van der Waals surface area contributed by atoms with Gasteiger partial charge in [0.15, 0.2) is 0 Å². The fourth-order valence-corrected chi connectivity index (χ4v) is 2.66. The Bertz CT molecular complexity index is 565. The van der Waals surface area contributed by atoms with Gasteiger partial charge in [-0.15, -0.1) is 0 Å². The van der Waals surface area contributed by atoms with E-state index < -0.39 is 0 Å². The average Bonchev–Trinajstić information content (AvgIpc) is 2.61. The molecule has 2 aromatic rings. The van der Waals surface area contributed by atoms with Gasteiger partial charge in [-0.2, -0.15) is 0 Å². The highest BCUT2D eigenvalue weighted by atomic mass is 35.5. The third-order valence-corrected chi connectivity index (χ3v) is 4.28. The molecule has 0 spiro atoms. The summed E-state index contributed by atoms with van der Waals surface area (Å²) in [4.78, 5) is 0. The van der Waals surface area contributed by atoms with Gasteiger partial charge < -0.3 is 10.1 Å². The molecule has 1 N–H and O–H groups in total. The zero-order valence-electron chi connectivity index (χ0n) is 14.6. The van der Waals surface area contributed by atoms with Crippen LogP contribution in [0.5, 0.6) is 5.75 Å². The van der Waals surface area contributed by atoms with Crippen LogP contribution in [0.3, 0.4) is 0 Å². The summed E-state index contributed by atoms with van der Waals surface area (Å²) in [5.74, 6) is 0.897. The van der Waals surface area contributed by atoms with E-state index in [9.17, 15) is 0 Å². The Morgan fingerprint density at radius 3 is 2.21 bits per heavy atom. The summed E-state index contributed by atoms with van der Waals surface area (Å²) in [7, 11) is 0. The van der Waals surface area contributed by atoms with Crippen LogP contribution in [0.25, 0.3) is 0 Å². The number of hydrogen-bond acceptors (Lipinski definition) is 2. The standard InChI is InChI=1S/C21H28ClNO/c1-2-3-4-5-6-15-23-16-18-9-13-21(14-10-18)24-17-19-7-11-20(22)12-8-19/h7-14,23H,2-6,15-17H2,1H3. The van der Waals surface area contributed by atoms with Crippen molar-refractivity contribution in [3.05, 3.63) is 64.7 Å². The molecule has 0 amide bonds. The van der Waals surface area contributed by atoms with Crippen molar-refractivity contribution < 1.29 is 4.74 Å². The molecule has 0 unspecified atom stereocenters. The molecule has 0 heterocycles. The van der Waals surface area contributed by atoms with E-state index in [2.05, 4.69) is 24.4 Å². The molecule has 0 fully saturated rings. The number of unbranched alkanes of at least 4 members (excludes halogenated alkanes) is 4. The molecule has 0 aliphatic rings. The number of benzene rings is 2. The van der Waals surface area contributed by atoms with E-state index in [0.717, 1.165) is 29.4 Å². The molecular formula is C21H28ClNO. The lowest BCUT2D eigenvalue weighted by atomic mass is 10.1. The van der Waals surface area contributed by atoms with Crippen LogP contribution in [0.15, 0.2) is 48.5 Å². The summed E-state index contributed by atoms with van der Waals surface area (Å²) >= 11 is 5.88. The van der Waals surface area contributed by atoms with Gasteiger partial charge in [-0.3, -0.25) is 0 Å². The number of rotatable bonds is 11. The number of hydrogen-bond donors (Lipinski definition) is 1. The molecule has 2 aromatic carbocycles. The van der Waals surface area contributed by atoms with Gasteiger partial charge in [0.05, 0.1) is 0 Å². The largest absolute Gasteiger partial charge is 0.489 e. The Morgan fingerprint density at radius 2 is 1.50 bits per heavy atom. The van der Waals surface area contributed by atoms with Crippen LogP contribution in [0, 0.1) is 0 Å². The smallest absolute Gasteiger partial charge is 0.119 e. The van der Waals surface area contributed by atoms with Gasteiger partial charge in [0.25, 0.3) is 0 Å². The van der Waals surface area contributed by atoms with E-state index in [1.54, 1.807) is 0 Å². The second kappa shape index (κ2) is 11.1. The van der Waals surface area contributed by atoms with E-state index >= 15 is 0 Å². The maximum absolute atomic E-state index is 5.88. The Morgan fingerprint density at radius 1 is 0.833 bits per heavy atom. The highest BCUT2D eigenvalue weighted by molar-refractivity contribution is 6.30. The number of ether oxygens (including phenoxy) is 1. The Hall–Kier alpha value is -1.51. The Labute approximate surface area is 151 Å². The summed E-state index contributed by atoms with van der Waals surface area (Å²) in [6.45, 7) is 4.83. The van der Waals surface area contributed by atoms with Crippen molar-refractivity contribution in [3.8, 4) is 5.75 Å². The molecule has 0 saturated heterocycles. The first-order chi connectivity index (χ1) is 11.8. The fourth-order valence-electron chi connectivity index (χ4n) is 2.54. The predicted molar refractivity (Wildman–Crippen MR) is 103 cm³/mol. The maximum Gasteiger partial charge on any atom is 0.119 e. The predicted octanol–water partition coefficient (Wildman–Crippen LogP) is 5.98. The molecule has 3 heteroatoms. The first-order valence-electron chi connectivity index (χ1n) is 8.95. The molecule has 0 saturated carbocycles. The molecule has 24 heavy (non-hydrogen) atoms. The second-order valence-electron chi connectivity index (χ2n) is 6.15. The lowest BCUT2D eigenvalue weighted by Gasteiger charge is -2.08. The quantitative estimate of drug-likeness (QED) is 0.506. The zero-order chi connectivity index (χ0) is 17.0. The van der Waals surface area contributed by atoms with Gasteiger partial charge in [-0.05, 0) is 48.4 Å². The van der Waals surface area contributed by atoms with E-state index in [1.807, 2.05) is 36.4 Å². The molecule has 0 aliphatic heterocycles. The van der Waals surface area contributed by atoms with Crippen LogP contribution in [-0.4, -0.2) is 6.54 Å². The van der Waals surface area contributed by atoms with Gasteiger partial charge in [0.1, 0.15) is 12.4 Å². The molecule has 0 radical (unpaired) electrons. The summed E-state index contributed by atoms with van der Waals surface area (Å²) < 4.78 is 5.80. The summed E-state index contributed by atoms with van der Waals surface area (Å²) in [5.41, 5.74) is 2.41. The van der Waals surface area contributed by atoms with Crippen LogP contribution in [0.4, 0.5) is 0 Å². The first kappa shape index (κ1) is 18.8. The van der Waals surface area contributed by atoms with Crippen LogP contribution in [-0.2, 0) is 13.2 Å². The molecule has 0 aromatic heterocycles. The van der Waals surface area contributed by atoms with Crippen LogP contribution >= 0.6 is 11.6 Å². The van der Waals surface area contributed by atoms with E-state index in [-0.39, 0.29) is 0 Å². The van der Waals surface area contributed by atoms with E-state index in [1.165, 1.54) is 37.7 Å². The highest BCUT2D eigenvalue weighted by Crippen LogP contribution is 2.15. The molecule has 2 nitrogen and oxygen atoms in total. The third kappa shape index (κ3) is 7.37. The Kier molecular flexibility index (Phi) is 8.72. The van der Waals surface area contributed by atoms with Crippen molar-refractivity contribution in [1.82, 2.24) is 5.32 Å². The Balaban J connectivity index is 1.64. The number of halogens is 1. The van der Waals surface area contributed by atoms with Crippen molar-refractivity contribution in [2.75, 3.05) is 6.54 Å². The normalized spacial score (nSPS) is 10.8. The molecule has 130 valence electrons. The average molecular weight is 346 g/mol. The van der Waals surface area contributed by atoms with Crippen LogP contribution < -0.4 is 10.1 Å². The lowest BCUT2D eigenvalue weighted by molar-refractivity contribution is 0.306. The van der Waals surface area contributed by atoms with Gasteiger partial charge in [0.2, 0.25) is 0 Å². The minimum Gasteiger partial charge on any atom is -0.489 e. The number of nitrogens with one attached hydrogen (secondary N) is 1. The maximum atomic E-state index is 5.88. The SMILES string of the molecule is CCCCCCCNCc1ccc(OCc2ccc(Cl)cc2)cc1. The van der Waals surface area contributed by atoms with Crippen molar-refractivity contribution in [3.63, 3.8) is 0 Å². The van der Waals surface area contributed by atoms with Gasteiger partial charge in [-0.25, -0.2) is 0 Å². The highest BCUT2D eigenvalue weighted by Gasteiger charge is 1.98. The topological polar surface area (TPSA) is 21.3 Å². The fraction of sp³-hybridized carbons (Fsp3) is 0.429. The molecule has 2 rings (SSSR count). The molecule has 0 bridgehead atoms. The zero-order valence-corrected chi connectivity index (χ0v) is 15.3. The second-order valence-corrected chi connectivity index (χ2v) is 6.59. The van der Waals surface area contributed by atoms with Crippen molar-refractivity contribution in [1.29, 1.82) is 0 Å². The lowest BCUT2D eigenvalue weighted by Crippen LogP contribution is -2.14. The van der Waals surface area contributed by atoms with Crippen LogP contribution in [0.1, 0.15) is 50.2 Å². The van der Waals surface area contributed by atoms with E-state index in [0.29, 0.717) is 6.61 Å². The van der Waals surface area contributed by atoms with Crippen molar-refractivity contribution >= 4 is 11.6 Å². The summed E-state index contributed by atoms with van der Waals surface area (Å²) in [5, 5.41) is 4.26. The molecule has 0 aliphatic carbocycles. The first-order valence-corrected chi connectivity index (χ1v) is 9.32. The minimum absolute atomic E-state index is 0.562. The third-order valence-electron chi connectivity index (χ3n) is 4.03. The summed E-state index contributed by atoms with van der Waals surface area (Å²) in [6.07, 6.45) is 6.62. The van der Waals surface area contributed by atoms with Crippen molar-refractivity contribution in [2.24, 2.45) is 0 Å². The van der Waals surface area contributed by atoms with Crippen LogP contribution in [0.2, 0.25) is 5.02 Å². The minimum atomic E-state index is 0.562. The van der Waals surface area contributed by atoms with E-state index in [4.69, 9.17) is 16.3 Å². The van der Waals surface area contributed by atoms with Gasteiger partial charge in [0, 0.05) is 11.6 Å². The molecular weight excluding hydrogens is 318 g/mol. The van der Waals surface area contributed by atoms with Crippen molar-refractivity contribution in [2.45, 2.75) is 52.2 Å². The molecule has 0 atom stereocenters. The summed E-state index contributed by atoms with van der Waals surface area (Å²) in [6, 6.07) is 16.1.